The summed E-state index contributed by atoms with van der Waals surface area (Å²) in [4.78, 5) is 34.9. The minimum atomic E-state index is -4.81. The first-order valence-corrected chi connectivity index (χ1v) is 11.5. The molecule has 2 heterocycles. The van der Waals surface area contributed by atoms with Crippen LogP contribution in [0.5, 0.6) is 5.75 Å². The van der Waals surface area contributed by atoms with Crippen molar-refractivity contribution in [3.05, 3.63) is 91.2 Å². The van der Waals surface area contributed by atoms with Gasteiger partial charge in [-0.15, -0.1) is 0 Å². The number of nitrogens with zero attached hydrogens (tertiary/aromatic N) is 3. The summed E-state index contributed by atoms with van der Waals surface area (Å²) in [5.74, 6) is -1.43. The van der Waals surface area contributed by atoms with Gasteiger partial charge in [-0.1, -0.05) is 47.5 Å². The van der Waals surface area contributed by atoms with Gasteiger partial charge >= 0.3 is 6.18 Å². The summed E-state index contributed by atoms with van der Waals surface area (Å²) in [5.41, 5.74) is -2.22. The highest BCUT2D eigenvalue weighted by Crippen LogP contribution is 2.37. The Morgan fingerprint density at radius 1 is 1.05 bits per heavy atom. The Labute approximate surface area is 226 Å². The summed E-state index contributed by atoms with van der Waals surface area (Å²) < 4.78 is 42.0. The van der Waals surface area contributed by atoms with Crippen LogP contribution in [-0.2, 0) is 11.5 Å². The van der Waals surface area contributed by atoms with Crippen molar-refractivity contribution in [2.24, 2.45) is 0 Å². The lowest BCUT2D eigenvalue weighted by atomic mass is 9.56. The second-order valence-electron chi connectivity index (χ2n) is 8.40. The van der Waals surface area contributed by atoms with Gasteiger partial charge in [0, 0.05) is 0 Å². The van der Waals surface area contributed by atoms with Crippen molar-refractivity contribution in [3.63, 3.8) is 0 Å². The van der Waals surface area contributed by atoms with E-state index >= 15 is 0 Å². The first-order chi connectivity index (χ1) is 17.6. The number of amides is 1. The van der Waals surface area contributed by atoms with Crippen LogP contribution in [0, 0.1) is 13.8 Å². The largest absolute Gasteiger partial charge is 0.504 e. The Hall–Kier alpha value is -3.50. The van der Waals surface area contributed by atoms with E-state index in [1.807, 2.05) is 0 Å². The maximum absolute atomic E-state index is 13.8. The highest BCUT2D eigenvalue weighted by molar-refractivity contribution is 6.40. The number of aryl methyl sites for hydroxylation is 2. The minimum absolute atomic E-state index is 0.0520. The van der Waals surface area contributed by atoms with Crippen molar-refractivity contribution in [2.75, 3.05) is 5.32 Å². The van der Waals surface area contributed by atoms with E-state index in [2.05, 4.69) is 15.3 Å². The lowest BCUT2D eigenvalue weighted by Crippen LogP contribution is -2.46. The van der Waals surface area contributed by atoms with E-state index in [0.29, 0.717) is 5.56 Å². The zero-order chi connectivity index (χ0) is 28.2. The van der Waals surface area contributed by atoms with Crippen LogP contribution >= 0.6 is 23.2 Å². The molecule has 0 aliphatic heterocycles. The number of hydrogen-bond acceptors (Lipinski definition) is 5. The number of alkyl halides is 3. The number of carbonyl (C=O) groups is 1. The van der Waals surface area contributed by atoms with Gasteiger partial charge in [-0.3, -0.25) is 9.59 Å². The van der Waals surface area contributed by atoms with Crippen molar-refractivity contribution >= 4 is 61.4 Å². The van der Waals surface area contributed by atoms with E-state index in [0.717, 1.165) is 22.8 Å². The first kappa shape index (κ1) is 27.5. The summed E-state index contributed by atoms with van der Waals surface area (Å²) in [7, 11) is 12.5. The van der Waals surface area contributed by atoms with E-state index in [1.54, 1.807) is 13.0 Å². The molecule has 38 heavy (non-hydrogen) atoms. The Morgan fingerprint density at radius 2 is 1.68 bits per heavy atom. The van der Waals surface area contributed by atoms with Gasteiger partial charge in [0.2, 0.25) is 0 Å². The molecule has 0 aliphatic carbocycles. The topological polar surface area (TPSA) is 97.1 Å². The fourth-order valence-electron chi connectivity index (χ4n) is 4.05. The van der Waals surface area contributed by atoms with Crippen LogP contribution in [0.15, 0.2) is 47.3 Å². The average molecular weight is 557 g/mol. The van der Waals surface area contributed by atoms with Gasteiger partial charge in [0.15, 0.2) is 10.9 Å². The summed E-state index contributed by atoms with van der Waals surface area (Å²) in [6, 6.07) is 8.40. The number of fused-ring (bicyclic) bond motifs is 1. The molecule has 0 fully saturated rings. The quantitative estimate of drug-likeness (QED) is 0.281. The molecule has 4 aromatic rings. The molecule has 0 atom stereocenters. The van der Waals surface area contributed by atoms with E-state index in [1.165, 1.54) is 25.1 Å². The molecule has 0 saturated heterocycles. The molecule has 1 amide bonds. The van der Waals surface area contributed by atoms with Crippen molar-refractivity contribution in [1.29, 1.82) is 0 Å². The predicted octanol–water partition coefficient (Wildman–Crippen LogP) is 4.69. The van der Waals surface area contributed by atoms with E-state index in [-0.39, 0.29) is 33.1 Å². The van der Waals surface area contributed by atoms with Crippen molar-refractivity contribution in [1.82, 2.24) is 14.5 Å². The van der Waals surface area contributed by atoms with Crippen molar-refractivity contribution in [2.45, 2.75) is 25.4 Å². The summed E-state index contributed by atoms with van der Waals surface area (Å²) in [6.07, 6.45) is -4.81. The summed E-state index contributed by atoms with van der Waals surface area (Å²) >= 11 is 11.7. The Morgan fingerprint density at radius 3 is 2.29 bits per heavy atom. The molecule has 0 aliphatic rings. The fraction of sp³-hybridized carbons (Fsp3) is 0.167. The highest BCUT2D eigenvalue weighted by Gasteiger charge is 2.38. The van der Waals surface area contributed by atoms with Crippen LogP contribution in [-0.4, -0.2) is 41.2 Å². The minimum Gasteiger partial charge on any atom is -0.504 e. The van der Waals surface area contributed by atoms with Gasteiger partial charge in [0.25, 0.3) is 11.5 Å². The molecular weight excluding hydrogens is 542 g/mol. The monoisotopic (exact) mass is 556 g/mol. The number of aromatic hydroxyl groups is 1. The van der Waals surface area contributed by atoms with Gasteiger partial charge in [0.05, 0.1) is 42.9 Å². The fourth-order valence-corrected chi connectivity index (χ4v) is 4.48. The molecule has 0 bridgehead atoms. The van der Waals surface area contributed by atoms with E-state index in [4.69, 9.17) is 38.9 Å². The average Bonchev–Trinajstić information content (AvgIpc) is 2.83. The normalized spacial score (nSPS) is 12.1. The number of halogens is 5. The molecule has 7 nitrogen and oxygen atoms in total. The second kappa shape index (κ2) is 9.67. The zero-order valence-corrected chi connectivity index (χ0v) is 21.2. The number of rotatable bonds is 4. The van der Waals surface area contributed by atoms with Crippen molar-refractivity contribution in [3.8, 4) is 5.75 Å². The van der Waals surface area contributed by atoms with Crippen LogP contribution in [0.2, 0.25) is 10.2 Å². The number of benzene rings is 2. The molecule has 2 aromatic heterocycles. The van der Waals surface area contributed by atoms with Crippen molar-refractivity contribution < 1.29 is 23.1 Å². The summed E-state index contributed by atoms with van der Waals surface area (Å²) in [6.45, 7) is 3.03. The van der Waals surface area contributed by atoms with Crippen LogP contribution in [0.3, 0.4) is 0 Å². The van der Waals surface area contributed by atoms with Crippen LogP contribution in [0.25, 0.3) is 10.9 Å². The van der Waals surface area contributed by atoms with E-state index < -0.39 is 45.0 Å². The molecular formula is C24H15B2Cl2F3N4O3. The Balaban J connectivity index is 1.93. The lowest BCUT2D eigenvalue weighted by Gasteiger charge is -2.33. The second-order valence-corrected chi connectivity index (χ2v) is 9.17. The first-order valence-electron chi connectivity index (χ1n) is 10.8. The lowest BCUT2D eigenvalue weighted by molar-refractivity contribution is -0.138. The van der Waals surface area contributed by atoms with Crippen LogP contribution in [0.4, 0.5) is 18.9 Å². The standard InChI is InChI=1S/C24H15B2Cl2F3N4O3/c1-10-7-8-15(34-21(37)16-9-14(27)19(36)20(28)33-16)17-18(10)32-11(2)35(22(17)38)23(25,26)12-5-3-4-6-13(12)24(29,30)31/h3-9,36H,1-2H3,(H,34,37). The zero-order valence-electron chi connectivity index (χ0n) is 19.7. The Bertz CT molecular complexity index is 1650. The number of nitrogens with one attached hydrogen (secondary N) is 1. The molecule has 4 rings (SSSR count). The maximum atomic E-state index is 13.8. The number of hydrogen-bond donors (Lipinski definition) is 2. The smallest absolute Gasteiger partial charge is 0.416 e. The number of anilines is 1. The summed E-state index contributed by atoms with van der Waals surface area (Å²) in [5, 5.41) is 8.91. The van der Waals surface area contributed by atoms with Gasteiger partial charge in [-0.05, 0) is 48.5 Å². The Kier molecular flexibility index (Phi) is 7.00. The van der Waals surface area contributed by atoms with Gasteiger partial charge in [-0.2, -0.15) is 13.2 Å². The third-order valence-electron chi connectivity index (χ3n) is 5.81. The van der Waals surface area contributed by atoms with Gasteiger partial charge in [-0.25, -0.2) is 9.97 Å². The number of pyridine rings is 1. The number of carbonyl (C=O) groups excluding carboxylic acids is 1. The van der Waals surface area contributed by atoms with Crippen LogP contribution in [0.1, 0.15) is 33.0 Å². The molecule has 2 aromatic carbocycles. The molecule has 14 heteroatoms. The molecule has 0 saturated carbocycles. The molecule has 0 unspecified atom stereocenters. The molecule has 2 N–H and O–H groups in total. The molecule has 0 spiro atoms. The molecule has 4 radical (unpaired) electrons. The highest BCUT2D eigenvalue weighted by atomic mass is 35.5. The maximum Gasteiger partial charge on any atom is 0.416 e. The molecule has 190 valence electrons. The predicted molar refractivity (Wildman–Crippen MR) is 139 cm³/mol. The van der Waals surface area contributed by atoms with Crippen LogP contribution < -0.4 is 10.9 Å². The van der Waals surface area contributed by atoms with E-state index in [9.17, 15) is 27.9 Å². The third-order valence-corrected chi connectivity index (χ3v) is 6.36. The SMILES string of the molecule is [B]C([B])(c1ccccc1C(F)(F)F)n1c(C)nc2c(C)ccc(NC(=O)c3cc(Cl)c(O)c(Cl)n3)c2c1=O. The van der Waals surface area contributed by atoms with Gasteiger partial charge in [0.1, 0.15) is 11.5 Å². The third kappa shape index (κ3) is 4.74. The number of aromatic nitrogens is 3. The van der Waals surface area contributed by atoms with Gasteiger partial charge < -0.3 is 15.0 Å².